The molecule has 1 atom stereocenters. The van der Waals surface area contributed by atoms with Crippen molar-refractivity contribution in [3.05, 3.63) is 30.5 Å². The van der Waals surface area contributed by atoms with Crippen LogP contribution in [0.1, 0.15) is 13.8 Å². The SMILES string of the molecule is CC1(C)SC(=O)N(CC(O)COc2cccc3[nH]ccc23)C1=O. The third kappa shape index (κ3) is 3.07. The van der Waals surface area contributed by atoms with E-state index < -0.39 is 10.9 Å². The maximum absolute atomic E-state index is 12.1. The predicted octanol–water partition coefficient (Wildman–Crippen LogP) is 2.38. The number of hydrogen-bond donors (Lipinski definition) is 2. The summed E-state index contributed by atoms with van der Waals surface area (Å²) in [5.41, 5.74) is 0.944. The molecule has 122 valence electrons. The van der Waals surface area contributed by atoms with Crippen LogP contribution >= 0.6 is 11.8 Å². The Balaban J connectivity index is 1.62. The standard InChI is InChI=1S/C16H18N2O4S/c1-16(2)14(20)18(15(21)23-16)8-10(19)9-22-13-5-3-4-12-11(13)6-7-17-12/h3-7,10,17,19H,8-9H2,1-2H3. The smallest absolute Gasteiger partial charge is 0.289 e. The fourth-order valence-electron chi connectivity index (χ4n) is 2.51. The summed E-state index contributed by atoms with van der Waals surface area (Å²) in [5, 5.41) is 10.7. The van der Waals surface area contributed by atoms with E-state index in [4.69, 9.17) is 4.74 Å². The van der Waals surface area contributed by atoms with Crippen LogP contribution in [0, 0.1) is 0 Å². The molecule has 1 fully saturated rings. The van der Waals surface area contributed by atoms with Crippen LogP contribution in [-0.4, -0.2) is 50.1 Å². The van der Waals surface area contributed by atoms with E-state index in [9.17, 15) is 14.7 Å². The van der Waals surface area contributed by atoms with Crippen LogP contribution in [0.4, 0.5) is 4.79 Å². The molecule has 0 radical (unpaired) electrons. The minimum absolute atomic E-state index is 0.00640. The molecule has 7 heteroatoms. The second-order valence-corrected chi connectivity index (χ2v) is 7.53. The summed E-state index contributed by atoms with van der Waals surface area (Å²) < 4.78 is 4.88. The van der Waals surface area contributed by atoms with E-state index in [1.807, 2.05) is 30.5 Å². The first-order valence-electron chi connectivity index (χ1n) is 7.30. The molecule has 0 aliphatic carbocycles. The number of ether oxygens (including phenoxy) is 1. The van der Waals surface area contributed by atoms with Gasteiger partial charge in [-0.05, 0) is 43.8 Å². The molecule has 2 heterocycles. The number of imide groups is 1. The zero-order valence-electron chi connectivity index (χ0n) is 12.9. The van der Waals surface area contributed by atoms with Gasteiger partial charge in [-0.25, -0.2) is 0 Å². The number of aromatic amines is 1. The molecule has 1 aromatic heterocycles. The van der Waals surface area contributed by atoms with E-state index >= 15 is 0 Å². The minimum Gasteiger partial charge on any atom is -0.490 e. The number of rotatable bonds is 5. The van der Waals surface area contributed by atoms with Crippen LogP contribution in [0.5, 0.6) is 5.75 Å². The van der Waals surface area contributed by atoms with Crippen molar-refractivity contribution in [2.24, 2.45) is 0 Å². The molecule has 1 aliphatic rings. The van der Waals surface area contributed by atoms with Crippen LogP contribution in [-0.2, 0) is 4.79 Å². The fraction of sp³-hybridized carbons (Fsp3) is 0.375. The highest BCUT2D eigenvalue weighted by Gasteiger charge is 2.46. The van der Waals surface area contributed by atoms with Gasteiger partial charge in [0.15, 0.2) is 0 Å². The van der Waals surface area contributed by atoms with Gasteiger partial charge in [-0.3, -0.25) is 14.5 Å². The molecule has 2 N–H and O–H groups in total. The Bertz CT molecular complexity index is 755. The first-order chi connectivity index (χ1) is 10.9. The van der Waals surface area contributed by atoms with Gasteiger partial charge in [-0.2, -0.15) is 0 Å². The first kappa shape index (κ1) is 15.9. The van der Waals surface area contributed by atoms with E-state index in [0.29, 0.717) is 5.75 Å². The van der Waals surface area contributed by atoms with Gasteiger partial charge in [-0.1, -0.05) is 6.07 Å². The van der Waals surface area contributed by atoms with Gasteiger partial charge in [0.1, 0.15) is 18.5 Å². The maximum Gasteiger partial charge on any atom is 0.289 e. The number of amides is 2. The quantitative estimate of drug-likeness (QED) is 0.877. The average Bonchev–Trinajstić information content (AvgIpc) is 3.04. The molecule has 1 aliphatic heterocycles. The van der Waals surface area contributed by atoms with E-state index in [-0.39, 0.29) is 24.3 Å². The number of carbonyl (C=O) groups is 2. The highest BCUT2D eigenvalue weighted by Crippen LogP contribution is 2.36. The minimum atomic E-state index is -0.938. The number of aliphatic hydroxyl groups is 1. The average molecular weight is 334 g/mol. The summed E-state index contributed by atoms with van der Waals surface area (Å²) >= 11 is 0.980. The second-order valence-electron chi connectivity index (χ2n) is 5.95. The number of thioether (sulfide) groups is 1. The summed E-state index contributed by atoms with van der Waals surface area (Å²) in [7, 11) is 0. The fourth-order valence-corrected chi connectivity index (χ4v) is 3.42. The Hall–Kier alpha value is -1.99. The first-order valence-corrected chi connectivity index (χ1v) is 8.12. The lowest BCUT2D eigenvalue weighted by Gasteiger charge is -2.20. The number of β-amino-alcohol motifs (C(OH)–C–C–N with tert-alkyl or cyclic N) is 1. The van der Waals surface area contributed by atoms with Gasteiger partial charge in [0.2, 0.25) is 5.91 Å². The Morgan fingerprint density at radius 1 is 1.35 bits per heavy atom. The van der Waals surface area contributed by atoms with Crippen LogP contribution in [0.15, 0.2) is 30.5 Å². The number of fused-ring (bicyclic) bond motifs is 1. The largest absolute Gasteiger partial charge is 0.490 e. The summed E-state index contributed by atoms with van der Waals surface area (Å²) in [6.07, 6.45) is 0.876. The molecule has 0 bridgehead atoms. The topological polar surface area (TPSA) is 82.6 Å². The molecule has 1 saturated heterocycles. The molecular formula is C16H18N2O4S. The van der Waals surface area contributed by atoms with Crippen molar-refractivity contribution in [1.29, 1.82) is 0 Å². The number of aromatic nitrogens is 1. The third-order valence-electron chi connectivity index (χ3n) is 3.70. The van der Waals surface area contributed by atoms with E-state index in [2.05, 4.69) is 4.98 Å². The lowest BCUT2D eigenvalue weighted by atomic mass is 10.2. The van der Waals surface area contributed by atoms with Crippen molar-refractivity contribution < 1.29 is 19.4 Å². The monoisotopic (exact) mass is 334 g/mol. The maximum atomic E-state index is 12.1. The van der Waals surface area contributed by atoms with Crippen LogP contribution in [0.25, 0.3) is 10.9 Å². The zero-order valence-corrected chi connectivity index (χ0v) is 13.7. The van der Waals surface area contributed by atoms with E-state index in [1.165, 1.54) is 0 Å². The molecule has 1 unspecified atom stereocenters. The number of H-pyrrole nitrogens is 1. The molecule has 23 heavy (non-hydrogen) atoms. The Labute approximate surface area is 137 Å². The van der Waals surface area contributed by atoms with Crippen molar-refractivity contribution in [3.63, 3.8) is 0 Å². The van der Waals surface area contributed by atoms with Crippen LogP contribution in [0.2, 0.25) is 0 Å². The Morgan fingerprint density at radius 3 is 2.83 bits per heavy atom. The number of hydrogen-bond acceptors (Lipinski definition) is 5. The van der Waals surface area contributed by atoms with Crippen molar-refractivity contribution in [1.82, 2.24) is 9.88 Å². The number of aliphatic hydroxyl groups excluding tert-OH is 1. The van der Waals surface area contributed by atoms with Crippen molar-refractivity contribution >= 4 is 33.8 Å². The van der Waals surface area contributed by atoms with Crippen molar-refractivity contribution in [3.8, 4) is 5.75 Å². The van der Waals surface area contributed by atoms with Gasteiger partial charge < -0.3 is 14.8 Å². The molecule has 0 spiro atoms. The summed E-state index contributed by atoms with van der Waals surface area (Å²) in [6, 6.07) is 7.49. The van der Waals surface area contributed by atoms with Gasteiger partial charge in [0.25, 0.3) is 5.24 Å². The van der Waals surface area contributed by atoms with E-state index in [1.54, 1.807) is 13.8 Å². The highest BCUT2D eigenvalue weighted by molar-refractivity contribution is 8.16. The third-order valence-corrected chi connectivity index (χ3v) is 4.78. The summed E-state index contributed by atoms with van der Waals surface area (Å²) in [5.74, 6) is 0.371. The second kappa shape index (κ2) is 5.90. The summed E-state index contributed by atoms with van der Waals surface area (Å²) in [6.45, 7) is 3.35. The lowest BCUT2D eigenvalue weighted by molar-refractivity contribution is -0.130. The highest BCUT2D eigenvalue weighted by atomic mass is 32.2. The molecule has 0 saturated carbocycles. The Kier molecular flexibility index (Phi) is 4.08. The number of carbonyl (C=O) groups excluding carboxylic acids is 2. The molecular weight excluding hydrogens is 316 g/mol. The van der Waals surface area contributed by atoms with Gasteiger partial charge >= 0.3 is 0 Å². The van der Waals surface area contributed by atoms with Gasteiger partial charge in [0, 0.05) is 17.1 Å². The van der Waals surface area contributed by atoms with Gasteiger partial charge in [0.05, 0.1) is 11.3 Å². The number of nitrogens with one attached hydrogen (secondary N) is 1. The van der Waals surface area contributed by atoms with Crippen molar-refractivity contribution in [2.45, 2.75) is 24.7 Å². The predicted molar refractivity (Wildman–Crippen MR) is 88.6 cm³/mol. The molecule has 2 aromatic rings. The van der Waals surface area contributed by atoms with Crippen LogP contribution in [0.3, 0.4) is 0 Å². The van der Waals surface area contributed by atoms with Gasteiger partial charge in [-0.15, -0.1) is 0 Å². The number of nitrogens with zero attached hydrogens (tertiary/aromatic N) is 1. The Morgan fingerprint density at radius 2 is 2.13 bits per heavy atom. The lowest BCUT2D eigenvalue weighted by Crippen LogP contribution is -2.41. The number of benzene rings is 1. The zero-order chi connectivity index (χ0) is 16.6. The van der Waals surface area contributed by atoms with E-state index in [0.717, 1.165) is 27.6 Å². The van der Waals surface area contributed by atoms with Crippen LogP contribution < -0.4 is 4.74 Å². The normalized spacial score (nSPS) is 18.7. The molecule has 2 amide bonds. The summed E-state index contributed by atoms with van der Waals surface area (Å²) in [4.78, 5) is 28.2. The molecule has 1 aromatic carbocycles. The van der Waals surface area contributed by atoms with Crippen molar-refractivity contribution in [2.75, 3.05) is 13.2 Å². The molecule has 3 rings (SSSR count). The molecule has 6 nitrogen and oxygen atoms in total.